The molecule has 0 unspecified atom stereocenters. The Bertz CT molecular complexity index is 750. The predicted octanol–water partition coefficient (Wildman–Crippen LogP) is 3.00. The van der Waals surface area contributed by atoms with Crippen LogP contribution in [0.2, 0.25) is 0 Å². The molecule has 5 nitrogen and oxygen atoms in total. The summed E-state index contributed by atoms with van der Waals surface area (Å²) in [7, 11) is 0. The van der Waals surface area contributed by atoms with E-state index in [4.69, 9.17) is 0 Å². The highest BCUT2D eigenvalue weighted by atomic mass is 16.3. The van der Waals surface area contributed by atoms with Crippen molar-refractivity contribution in [2.24, 2.45) is 11.3 Å². The van der Waals surface area contributed by atoms with Crippen molar-refractivity contribution in [3.8, 4) is 0 Å². The van der Waals surface area contributed by atoms with Crippen LogP contribution in [-0.4, -0.2) is 58.5 Å². The Morgan fingerprint density at radius 1 is 1.14 bits per heavy atom. The number of rotatable bonds is 4. The van der Waals surface area contributed by atoms with Gasteiger partial charge in [-0.1, -0.05) is 25.1 Å². The summed E-state index contributed by atoms with van der Waals surface area (Å²) in [6.45, 7) is 5.57. The minimum atomic E-state index is -0.0971. The number of nitrogens with zero attached hydrogens (tertiary/aromatic N) is 2. The number of fused-ring (bicyclic) bond motifs is 2. The number of carbonyl (C=O) groups excluding carboxylic acids is 2. The van der Waals surface area contributed by atoms with Gasteiger partial charge >= 0.3 is 0 Å². The number of amides is 2. The van der Waals surface area contributed by atoms with Crippen LogP contribution in [0.4, 0.5) is 0 Å². The quantitative estimate of drug-likeness (QED) is 0.868. The van der Waals surface area contributed by atoms with Crippen molar-refractivity contribution in [2.75, 3.05) is 19.7 Å². The third kappa shape index (κ3) is 3.04. The SMILES string of the molecule is CC[C@]1(CO)C[C@H]2CC[C@@H]1N2C(=O)C1CCN(C(=O)c2ccccc2C)CC1. The second-order valence-electron chi connectivity index (χ2n) is 8.95. The summed E-state index contributed by atoms with van der Waals surface area (Å²) in [6.07, 6.45) is 5.45. The second-order valence-corrected chi connectivity index (χ2v) is 8.95. The maximum Gasteiger partial charge on any atom is 0.254 e. The maximum atomic E-state index is 13.3. The lowest BCUT2D eigenvalue weighted by Gasteiger charge is -2.37. The molecule has 3 saturated heterocycles. The molecule has 2 amide bonds. The molecule has 3 atom stereocenters. The fourth-order valence-electron chi connectivity index (χ4n) is 5.81. The topological polar surface area (TPSA) is 60.9 Å². The van der Waals surface area contributed by atoms with Crippen LogP contribution in [0.5, 0.6) is 0 Å². The highest BCUT2D eigenvalue weighted by molar-refractivity contribution is 5.95. The third-order valence-electron chi connectivity index (χ3n) is 7.63. The monoisotopic (exact) mass is 384 g/mol. The third-order valence-corrected chi connectivity index (χ3v) is 7.63. The molecule has 2 bridgehead atoms. The highest BCUT2D eigenvalue weighted by Crippen LogP contribution is 2.52. The van der Waals surface area contributed by atoms with Crippen LogP contribution in [0, 0.1) is 18.3 Å². The Morgan fingerprint density at radius 3 is 2.46 bits per heavy atom. The van der Waals surface area contributed by atoms with E-state index in [1.165, 1.54) is 0 Å². The number of aliphatic hydroxyl groups is 1. The number of hydrogen-bond acceptors (Lipinski definition) is 3. The Kier molecular flexibility index (Phi) is 5.21. The summed E-state index contributed by atoms with van der Waals surface area (Å²) >= 11 is 0. The van der Waals surface area contributed by atoms with Crippen LogP contribution in [-0.2, 0) is 4.79 Å². The van der Waals surface area contributed by atoms with E-state index in [9.17, 15) is 14.7 Å². The van der Waals surface area contributed by atoms with E-state index in [0.29, 0.717) is 19.1 Å². The molecule has 0 radical (unpaired) electrons. The van der Waals surface area contributed by atoms with Crippen molar-refractivity contribution in [1.29, 1.82) is 0 Å². The van der Waals surface area contributed by atoms with Gasteiger partial charge in [-0.2, -0.15) is 0 Å². The number of carbonyl (C=O) groups is 2. The number of likely N-dealkylation sites (tertiary alicyclic amines) is 1. The Balaban J connectivity index is 1.40. The van der Waals surface area contributed by atoms with Crippen molar-refractivity contribution in [3.63, 3.8) is 0 Å². The minimum Gasteiger partial charge on any atom is -0.396 e. The van der Waals surface area contributed by atoms with Gasteiger partial charge in [0.2, 0.25) is 5.91 Å². The van der Waals surface area contributed by atoms with Gasteiger partial charge in [-0.3, -0.25) is 9.59 Å². The molecule has 3 heterocycles. The van der Waals surface area contributed by atoms with Crippen molar-refractivity contribution in [1.82, 2.24) is 9.80 Å². The fourth-order valence-corrected chi connectivity index (χ4v) is 5.81. The highest BCUT2D eigenvalue weighted by Gasteiger charge is 2.56. The number of aryl methyl sites for hydroxylation is 1. The molecular formula is C23H32N2O3. The first-order chi connectivity index (χ1) is 13.5. The first kappa shape index (κ1) is 19.4. The van der Waals surface area contributed by atoms with E-state index >= 15 is 0 Å². The van der Waals surface area contributed by atoms with Gasteiger partial charge in [0.05, 0.1) is 6.61 Å². The van der Waals surface area contributed by atoms with Gasteiger partial charge in [0.25, 0.3) is 5.91 Å². The van der Waals surface area contributed by atoms with Gasteiger partial charge in [0, 0.05) is 42.1 Å². The molecule has 5 heteroatoms. The van der Waals surface area contributed by atoms with Crippen LogP contribution in [0.1, 0.15) is 61.4 Å². The van der Waals surface area contributed by atoms with E-state index in [1.54, 1.807) is 0 Å². The summed E-state index contributed by atoms with van der Waals surface area (Å²) < 4.78 is 0. The Labute approximate surface area is 167 Å². The molecule has 3 aliphatic heterocycles. The molecule has 3 fully saturated rings. The van der Waals surface area contributed by atoms with Crippen LogP contribution < -0.4 is 0 Å². The van der Waals surface area contributed by atoms with Gasteiger partial charge in [-0.05, 0) is 57.1 Å². The number of hydrogen-bond donors (Lipinski definition) is 1. The van der Waals surface area contributed by atoms with Crippen LogP contribution >= 0.6 is 0 Å². The van der Waals surface area contributed by atoms with Crippen molar-refractivity contribution >= 4 is 11.8 Å². The summed E-state index contributed by atoms with van der Waals surface area (Å²) in [5.74, 6) is 0.352. The summed E-state index contributed by atoms with van der Waals surface area (Å²) in [4.78, 5) is 30.2. The molecule has 0 spiro atoms. The molecule has 152 valence electrons. The van der Waals surface area contributed by atoms with E-state index in [-0.39, 0.29) is 35.8 Å². The van der Waals surface area contributed by atoms with Gasteiger partial charge < -0.3 is 14.9 Å². The Hall–Kier alpha value is -1.88. The van der Waals surface area contributed by atoms with Crippen molar-refractivity contribution < 1.29 is 14.7 Å². The number of aliphatic hydroxyl groups excluding tert-OH is 1. The average molecular weight is 385 g/mol. The summed E-state index contributed by atoms with van der Waals surface area (Å²) in [5.41, 5.74) is 1.67. The van der Waals surface area contributed by atoms with Gasteiger partial charge in [0.15, 0.2) is 0 Å². The lowest BCUT2D eigenvalue weighted by atomic mass is 9.72. The molecule has 1 aromatic carbocycles. The molecule has 0 saturated carbocycles. The number of benzene rings is 1. The molecule has 0 aliphatic carbocycles. The standard InChI is InChI=1S/C23H32N2O3/c1-3-23(15-26)14-18-8-9-20(23)25(18)21(27)17-10-12-24(13-11-17)22(28)19-7-5-4-6-16(19)2/h4-7,17-18,20,26H,3,8-15H2,1-2H3/t18-,20+,23-/m1/s1. The van der Waals surface area contributed by atoms with Crippen LogP contribution in [0.25, 0.3) is 0 Å². The zero-order valence-corrected chi connectivity index (χ0v) is 17.1. The summed E-state index contributed by atoms with van der Waals surface area (Å²) in [6, 6.07) is 8.21. The van der Waals surface area contributed by atoms with Crippen molar-refractivity contribution in [2.45, 2.75) is 64.5 Å². The largest absolute Gasteiger partial charge is 0.396 e. The first-order valence-electron chi connectivity index (χ1n) is 10.8. The predicted molar refractivity (Wildman–Crippen MR) is 108 cm³/mol. The van der Waals surface area contributed by atoms with Gasteiger partial charge in [-0.15, -0.1) is 0 Å². The zero-order valence-electron chi connectivity index (χ0n) is 17.1. The normalized spacial score (nSPS) is 30.1. The van der Waals surface area contributed by atoms with E-state index in [1.807, 2.05) is 36.1 Å². The smallest absolute Gasteiger partial charge is 0.254 e. The Morgan fingerprint density at radius 2 is 1.86 bits per heavy atom. The average Bonchev–Trinajstić information content (AvgIpc) is 3.29. The van der Waals surface area contributed by atoms with Crippen LogP contribution in [0.3, 0.4) is 0 Å². The lowest BCUT2D eigenvalue weighted by molar-refractivity contribution is -0.139. The summed E-state index contributed by atoms with van der Waals surface area (Å²) in [5, 5.41) is 9.99. The molecule has 0 aromatic heterocycles. The van der Waals surface area contributed by atoms with Gasteiger partial charge in [-0.25, -0.2) is 0 Å². The van der Waals surface area contributed by atoms with E-state index in [0.717, 1.165) is 49.7 Å². The number of piperidine rings is 1. The van der Waals surface area contributed by atoms with E-state index < -0.39 is 0 Å². The zero-order chi connectivity index (χ0) is 19.9. The first-order valence-corrected chi connectivity index (χ1v) is 10.8. The van der Waals surface area contributed by atoms with Crippen LogP contribution in [0.15, 0.2) is 24.3 Å². The minimum absolute atomic E-state index is 0.00960. The van der Waals surface area contributed by atoms with Crippen molar-refractivity contribution in [3.05, 3.63) is 35.4 Å². The molecule has 1 N–H and O–H groups in total. The molecule has 28 heavy (non-hydrogen) atoms. The molecule has 3 aliphatic rings. The molecule has 4 rings (SSSR count). The molecular weight excluding hydrogens is 352 g/mol. The fraction of sp³-hybridized carbons (Fsp3) is 0.652. The molecule has 1 aromatic rings. The van der Waals surface area contributed by atoms with E-state index in [2.05, 4.69) is 11.8 Å². The maximum absolute atomic E-state index is 13.3. The van der Waals surface area contributed by atoms with Gasteiger partial charge in [0.1, 0.15) is 0 Å². The second kappa shape index (κ2) is 7.51. The lowest BCUT2D eigenvalue weighted by Crippen LogP contribution is -2.48.